The van der Waals surface area contributed by atoms with Crippen LogP contribution in [-0.4, -0.2) is 60.7 Å². The molecule has 1 amide bonds. The summed E-state index contributed by atoms with van der Waals surface area (Å²) in [6.45, 7) is 0.315. The Labute approximate surface area is 259 Å². The van der Waals surface area contributed by atoms with Gasteiger partial charge in [-0.05, 0) is 22.3 Å². The van der Waals surface area contributed by atoms with E-state index in [2.05, 4.69) is 0 Å². The maximum absolute atomic E-state index is 13.7. The number of carbonyl (C=O) groups excluding carboxylic acids is 1. The van der Waals surface area contributed by atoms with Gasteiger partial charge in [-0.3, -0.25) is 10.5 Å². The second kappa shape index (κ2) is 16.8. The summed E-state index contributed by atoms with van der Waals surface area (Å²) in [5, 5.41) is 11.8. The highest BCUT2D eigenvalue weighted by molar-refractivity contribution is 5.81. The van der Waals surface area contributed by atoms with Crippen LogP contribution in [0.4, 0.5) is 0 Å². The van der Waals surface area contributed by atoms with Crippen molar-refractivity contribution >= 4 is 5.91 Å². The van der Waals surface area contributed by atoms with E-state index in [1.165, 1.54) is 4.90 Å². The van der Waals surface area contributed by atoms with E-state index in [1.807, 2.05) is 121 Å². The molecular formula is C36H42N2O6. The van der Waals surface area contributed by atoms with Gasteiger partial charge in [0.05, 0.1) is 33.0 Å². The third-order valence-electron chi connectivity index (χ3n) is 7.05. The van der Waals surface area contributed by atoms with Gasteiger partial charge < -0.3 is 29.0 Å². The number of ether oxygens (including phenoxy) is 4. The van der Waals surface area contributed by atoms with Crippen molar-refractivity contribution in [2.24, 2.45) is 5.73 Å². The normalized spacial score (nSPS) is 14.7. The molecule has 4 atom stereocenters. The maximum Gasteiger partial charge on any atom is 0.254 e. The van der Waals surface area contributed by atoms with Gasteiger partial charge in [-0.25, -0.2) is 0 Å². The van der Waals surface area contributed by atoms with E-state index < -0.39 is 24.0 Å². The molecule has 0 fully saturated rings. The van der Waals surface area contributed by atoms with Crippen LogP contribution < -0.4 is 5.73 Å². The molecule has 8 heteroatoms. The molecule has 0 aliphatic rings. The van der Waals surface area contributed by atoms with Crippen LogP contribution in [0.5, 0.6) is 0 Å². The van der Waals surface area contributed by atoms with Gasteiger partial charge in [-0.2, -0.15) is 0 Å². The Morgan fingerprint density at radius 2 is 1.05 bits per heavy atom. The minimum atomic E-state index is -2.06. The topological polar surface area (TPSA) is 103 Å². The summed E-state index contributed by atoms with van der Waals surface area (Å²) >= 11 is 0. The SMILES string of the molecule is CN(C)C(=O)[C@H](OCc1ccccc1)[C@@H](OCc1ccccc1)[C@H](OCc1ccccc1)[C@](N)(O)COCc1ccccc1. The number of hydrogen-bond acceptors (Lipinski definition) is 7. The highest BCUT2D eigenvalue weighted by atomic mass is 16.6. The summed E-state index contributed by atoms with van der Waals surface area (Å²) in [5.41, 5.74) is 8.10. The second-order valence-electron chi connectivity index (χ2n) is 10.9. The van der Waals surface area contributed by atoms with Crippen LogP contribution in [-0.2, 0) is 50.2 Å². The number of nitrogens with zero attached hydrogens (tertiary/aromatic N) is 1. The molecule has 4 aromatic carbocycles. The molecule has 0 radical (unpaired) electrons. The second-order valence-corrected chi connectivity index (χ2v) is 10.9. The van der Waals surface area contributed by atoms with Crippen LogP contribution in [0.15, 0.2) is 121 Å². The Bertz CT molecular complexity index is 1370. The molecule has 0 aliphatic heterocycles. The van der Waals surface area contributed by atoms with Crippen LogP contribution in [0.2, 0.25) is 0 Å². The summed E-state index contributed by atoms with van der Waals surface area (Å²) in [4.78, 5) is 15.2. The number of likely N-dealkylation sites (N-methyl/N-ethyl adjacent to an activating group) is 1. The first kappa shape index (κ1) is 33.0. The van der Waals surface area contributed by atoms with Crippen molar-refractivity contribution in [3.8, 4) is 0 Å². The monoisotopic (exact) mass is 598 g/mol. The largest absolute Gasteiger partial charge is 0.372 e. The van der Waals surface area contributed by atoms with Crippen molar-refractivity contribution in [2.45, 2.75) is 50.5 Å². The molecule has 4 rings (SSSR count). The Balaban J connectivity index is 1.67. The molecule has 232 valence electrons. The van der Waals surface area contributed by atoms with Crippen LogP contribution >= 0.6 is 0 Å². The zero-order valence-electron chi connectivity index (χ0n) is 25.3. The molecule has 3 N–H and O–H groups in total. The summed E-state index contributed by atoms with van der Waals surface area (Å²) in [6, 6.07) is 38.2. The fourth-order valence-corrected chi connectivity index (χ4v) is 4.69. The van der Waals surface area contributed by atoms with Crippen molar-refractivity contribution in [1.82, 2.24) is 4.90 Å². The van der Waals surface area contributed by atoms with Gasteiger partial charge >= 0.3 is 0 Å². The minimum absolute atomic E-state index is 0.108. The van der Waals surface area contributed by atoms with Gasteiger partial charge in [0.2, 0.25) is 0 Å². The molecule has 8 nitrogen and oxygen atoms in total. The number of nitrogens with two attached hydrogens (primary N) is 1. The highest BCUT2D eigenvalue weighted by Crippen LogP contribution is 2.25. The Morgan fingerprint density at radius 1 is 0.659 bits per heavy atom. The zero-order chi connectivity index (χ0) is 31.2. The fourth-order valence-electron chi connectivity index (χ4n) is 4.69. The van der Waals surface area contributed by atoms with Crippen molar-refractivity contribution in [2.75, 3.05) is 20.7 Å². The summed E-state index contributed by atoms with van der Waals surface area (Å²) < 4.78 is 25.0. The first-order chi connectivity index (χ1) is 21.3. The van der Waals surface area contributed by atoms with Gasteiger partial charge in [-0.1, -0.05) is 121 Å². The third-order valence-corrected chi connectivity index (χ3v) is 7.05. The molecule has 0 aromatic heterocycles. The third kappa shape index (κ3) is 10.1. The Hall–Kier alpha value is -3.89. The molecule has 0 saturated heterocycles. The Morgan fingerprint density at radius 3 is 1.48 bits per heavy atom. The first-order valence-corrected chi connectivity index (χ1v) is 14.6. The van der Waals surface area contributed by atoms with E-state index in [4.69, 9.17) is 24.7 Å². The summed E-state index contributed by atoms with van der Waals surface area (Å²) in [5.74, 6) is -0.353. The van der Waals surface area contributed by atoms with Crippen molar-refractivity contribution in [3.05, 3.63) is 144 Å². The molecule has 0 unspecified atom stereocenters. The van der Waals surface area contributed by atoms with Gasteiger partial charge in [-0.15, -0.1) is 0 Å². The standard InChI is InChI=1S/C36H42N2O6/c1-38(2)35(39)33(43-25-30-19-11-5-12-20-30)32(42-24-29-17-9-4-10-18-29)34(44-26-31-21-13-6-14-22-31)36(37,40)27-41-23-28-15-7-3-8-16-28/h3-22,32-34,40H,23-27,37H2,1-2H3/t32-,33-,34+,36-/m1/s1. The summed E-state index contributed by atoms with van der Waals surface area (Å²) in [6.07, 6.45) is -3.52. The number of rotatable bonds is 17. The maximum atomic E-state index is 13.7. The lowest BCUT2D eigenvalue weighted by Gasteiger charge is -2.40. The number of benzene rings is 4. The van der Waals surface area contributed by atoms with Gasteiger partial charge in [0.1, 0.15) is 12.2 Å². The van der Waals surface area contributed by atoms with Gasteiger partial charge in [0.15, 0.2) is 11.8 Å². The van der Waals surface area contributed by atoms with Crippen LogP contribution in [0.1, 0.15) is 22.3 Å². The number of amides is 1. The van der Waals surface area contributed by atoms with Gasteiger partial charge in [0.25, 0.3) is 5.91 Å². The molecule has 0 aliphatic carbocycles. The lowest BCUT2D eigenvalue weighted by atomic mass is 9.96. The first-order valence-electron chi connectivity index (χ1n) is 14.6. The lowest BCUT2D eigenvalue weighted by molar-refractivity contribution is -0.223. The number of hydrogen-bond donors (Lipinski definition) is 2. The van der Waals surface area contributed by atoms with Crippen LogP contribution in [0, 0.1) is 0 Å². The molecular weight excluding hydrogens is 556 g/mol. The van der Waals surface area contributed by atoms with E-state index in [0.29, 0.717) is 0 Å². The quantitative estimate of drug-likeness (QED) is 0.170. The molecule has 4 aromatic rings. The van der Waals surface area contributed by atoms with Gasteiger partial charge in [0, 0.05) is 14.1 Å². The van der Waals surface area contributed by atoms with Crippen LogP contribution in [0.3, 0.4) is 0 Å². The number of carbonyl (C=O) groups is 1. The van der Waals surface area contributed by atoms with E-state index in [-0.39, 0.29) is 38.9 Å². The predicted molar refractivity (Wildman–Crippen MR) is 169 cm³/mol. The molecule has 0 bridgehead atoms. The Kier molecular flexibility index (Phi) is 12.6. The minimum Gasteiger partial charge on any atom is -0.372 e. The lowest BCUT2D eigenvalue weighted by Crippen LogP contribution is -2.64. The molecule has 0 saturated carbocycles. The zero-order valence-corrected chi connectivity index (χ0v) is 25.3. The van der Waals surface area contributed by atoms with E-state index in [9.17, 15) is 9.90 Å². The van der Waals surface area contributed by atoms with Crippen molar-refractivity contribution < 1.29 is 28.8 Å². The predicted octanol–water partition coefficient (Wildman–Crippen LogP) is 4.69. The average Bonchev–Trinajstić information content (AvgIpc) is 3.05. The molecule has 44 heavy (non-hydrogen) atoms. The molecule has 0 heterocycles. The number of aliphatic hydroxyl groups is 1. The van der Waals surface area contributed by atoms with E-state index >= 15 is 0 Å². The average molecular weight is 599 g/mol. The van der Waals surface area contributed by atoms with E-state index in [0.717, 1.165) is 22.3 Å². The molecule has 0 spiro atoms. The van der Waals surface area contributed by atoms with Crippen molar-refractivity contribution in [1.29, 1.82) is 0 Å². The van der Waals surface area contributed by atoms with Crippen molar-refractivity contribution in [3.63, 3.8) is 0 Å². The highest BCUT2D eigenvalue weighted by Gasteiger charge is 2.47. The van der Waals surface area contributed by atoms with Crippen LogP contribution in [0.25, 0.3) is 0 Å². The summed E-state index contributed by atoms with van der Waals surface area (Å²) in [7, 11) is 3.29. The smallest absolute Gasteiger partial charge is 0.254 e. The van der Waals surface area contributed by atoms with E-state index in [1.54, 1.807) is 14.1 Å². The fraction of sp³-hybridized carbons (Fsp3) is 0.306.